The first-order valence-corrected chi connectivity index (χ1v) is 8.06. The highest BCUT2D eigenvalue weighted by atomic mass is 16.1. The fourth-order valence-corrected chi connectivity index (χ4v) is 2.67. The van der Waals surface area contributed by atoms with Crippen molar-refractivity contribution in [1.82, 2.24) is 16.0 Å². The van der Waals surface area contributed by atoms with Gasteiger partial charge in [0.1, 0.15) is 0 Å². The molecule has 0 aromatic heterocycles. The molecule has 3 N–H and O–H groups in total. The van der Waals surface area contributed by atoms with Crippen LogP contribution in [0.3, 0.4) is 0 Å². The standard InChI is InChI=1S/C17H26N4O/c1-18-17(20-13-14-7-3-2-4-8-14)19-12-11-16(22)21-15-9-5-6-10-15/h2-4,7-8,15H,5-6,9-13H2,1H3,(H,21,22)(H2,18,19,20). The number of carbonyl (C=O) groups excluding carboxylic acids is 1. The van der Waals surface area contributed by atoms with Gasteiger partial charge >= 0.3 is 0 Å². The Hall–Kier alpha value is -2.04. The molecule has 1 amide bonds. The summed E-state index contributed by atoms with van der Waals surface area (Å²) in [6.07, 6.45) is 5.19. The Kier molecular flexibility index (Phi) is 6.74. The summed E-state index contributed by atoms with van der Waals surface area (Å²) in [7, 11) is 1.74. The molecule has 22 heavy (non-hydrogen) atoms. The van der Waals surface area contributed by atoms with Crippen molar-refractivity contribution in [3.63, 3.8) is 0 Å². The van der Waals surface area contributed by atoms with Gasteiger partial charge in [-0.1, -0.05) is 43.2 Å². The summed E-state index contributed by atoms with van der Waals surface area (Å²) in [6, 6.07) is 10.5. The molecule has 0 heterocycles. The lowest BCUT2D eigenvalue weighted by atomic mass is 10.2. The van der Waals surface area contributed by atoms with E-state index in [9.17, 15) is 4.79 Å². The zero-order chi connectivity index (χ0) is 15.6. The molecule has 0 spiro atoms. The van der Waals surface area contributed by atoms with Crippen LogP contribution in [0.5, 0.6) is 0 Å². The molecule has 0 aliphatic heterocycles. The van der Waals surface area contributed by atoms with Crippen molar-refractivity contribution in [3.8, 4) is 0 Å². The van der Waals surface area contributed by atoms with E-state index in [-0.39, 0.29) is 5.91 Å². The summed E-state index contributed by atoms with van der Waals surface area (Å²) < 4.78 is 0. The number of nitrogens with one attached hydrogen (secondary N) is 3. The maximum absolute atomic E-state index is 11.8. The molecule has 2 rings (SSSR count). The van der Waals surface area contributed by atoms with Crippen molar-refractivity contribution in [2.75, 3.05) is 13.6 Å². The zero-order valence-electron chi connectivity index (χ0n) is 13.3. The van der Waals surface area contributed by atoms with E-state index in [0.717, 1.165) is 25.3 Å². The minimum atomic E-state index is 0.123. The van der Waals surface area contributed by atoms with Crippen LogP contribution in [0.4, 0.5) is 0 Å². The Balaban J connectivity index is 1.62. The fourth-order valence-electron chi connectivity index (χ4n) is 2.67. The van der Waals surface area contributed by atoms with Crippen LogP contribution < -0.4 is 16.0 Å². The maximum Gasteiger partial charge on any atom is 0.221 e. The molecule has 0 saturated heterocycles. The predicted molar refractivity (Wildman–Crippen MR) is 89.7 cm³/mol. The Bertz CT molecular complexity index is 481. The molecule has 0 radical (unpaired) electrons. The van der Waals surface area contributed by atoms with Gasteiger partial charge in [0.25, 0.3) is 0 Å². The third-order valence-electron chi connectivity index (χ3n) is 3.89. The van der Waals surface area contributed by atoms with E-state index < -0.39 is 0 Å². The van der Waals surface area contributed by atoms with Gasteiger partial charge in [0.05, 0.1) is 0 Å². The van der Waals surface area contributed by atoms with Gasteiger partial charge in [0.15, 0.2) is 5.96 Å². The number of hydrogen-bond donors (Lipinski definition) is 3. The van der Waals surface area contributed by atoms with Crippen molar-refractivity contribution in [2.24, 2.45) is 4.99 Å². The fraction of sp³-hybridized carbons (Fsp3) is 0.529. The molecular formula is C17H26N4O. The molecule has 120 valence electrons. The molecule has 1 aliphatic carbocycles. The van der Waals surface area contributed by atoms with Crippen LogP contribution >= 0.6 is 0 Å². The lowest BCUT2D eigenvalue weighted by molar-refractivity contribution is -0.121. The Labute approximate surface area is 132 Å². The van der Waals surface area contributed by atoms with Crippen LogP contribution in [0.25, 0.3) is 0 Å². The Morgan fingerprint density at radius 2 is 1.91 bits per heavy atom. The molecule has 0 bridgehead atoms. The highest BCUT2D eigenvalue weighted by Gasteiger charge is 2.16. The Morgan fingerprint density at radius 1 is 1.18 bits per heavy atom. The molecule has 1 aromatic carbocycles. The summed E-state index contributed by atoms with van der Waals surface area (Å²) in [4.78, 5) is 16.0. The van der Waals surface area contributed by atoms with Gasteiger partial charge in [-0.2, -0.15) is 0 Å². The second-order valence-electron chi connectivity index (χ2n) is 5.64. The number of aliphatic imine (C=N–C) groups is 1. The number of nitrogens with zero attached hydrogens (tertiary/aromatic N) is 1. The maximum atomic E-state index is 11.8. The lowest BCUT2D eigenvalue weighted by Gasteiger charge is -2.14. The van der Waals surface area contributed by atoms with Crippen molar-refractivity contribution in [1.29, 1.82) is 0 Å². The normalized spacial score (nSPS) is 15.6. The van der Waals surface area contributed by atoms with E-state index in [0.29, 0.717) is 19.0 Å². The van der Waals surface area contributed by atoms with Crippen LogP contribution in [0, 0.1) is 0 Å². The van der Waals surface area contributed by atoms with E-state index in [4.69, 9.17) is 0 Å². The second-order valence-corrected chi connectivity index (χ2v) is 5.64. The first-order chi connectivity index (χ1) is 10.8. The quantitative estimate of drug-likeness (QED) is 0.554. The van der Waals surface area contributed by atoms with Crippen LogP contribution in [0.2, 0.25) is 0 Å². The van der Waals surface area contributed by atoms with E-state index >= 15 is 0 Å². The number of benzene rings is 1. The molecule has 0 unspecified atom stereocenters. The minimum absolute atomic E-state index is 0.123. The largest absolute Gasteiger partial charge is 0.356 e. The monoisotopic (exact) mass is 302 g/mol. The van der Waals surface area contributed by atoms with Gasteiger partial charge in [-0.15, -0.1) is 0 Å². The van der Waals surface area contributed by atoms with Crippen molar-refractivity contribution in [2.45, 2.75) is 44.7 Å². The van der Waals surface area contributed by atoms with E-state index in [1.165, 1.54) is 18.4 Å². The number of hydrogen-bond acceptors (Lipinski definition) is 2. The Morgan fingerprint density at radius 3 is 2.59 bits per heavy atom. The molecule has 1 fully saturated rings. The van der Waals surface area contributed by atoms with Crippen molar-refractivity contribution < 1.29 is 4.79 Å². The third kappa shape index (κ3) is 5.76. The highest BCUT2D eigenvalue weighted by molar-refractivity contribution is 5.81. The molecule has 1 aromatic rings. The minimum Gasteiger partial charge on any atom is -0.356 e. The zero-order valence-corrected chi connectivity index (χ0v) is 13.3. The second kappa shape index (κ2) is 9.07. The van der Waals surface area contributed by atoms with Gasteiger partial charge in [0, 0.05) is 32.6 Å². The SMILES string of the molecule is CN=C(NCCC(=O)NC1CCCC1)NCc1ccccc1. The van der Waals surface area contributed by atoms with Gasteiger partial charge in [-0.3, -0.25) is 9.79 Å². The number of guanidine groups is 1. The molecule has 0 atom stereocenters. The predicted octanol–water partition coefficient (Wildman–Crippen LogP) is 1.80. The number of carbonyl (C=O) groups is 1. The third-order valence-corrected chi connectivity index (χ3v) is 3.89. The molecule has 5 heteroatoms. The van der Waals surface area contributed by atoms with Crippen molar-refractivity contribution >= 4 is 11.9 Å². The topological polar surface area (TPSA) is 65.5 Å². The van der Waals surface area contributed by atoms with Crippen LogP contribution in [0.1, 0.15) is 37.7 Å². The summed E-state index contributed by atoms with van der Waals surface area (Å²) in [5.41, 5.74) is 1.20. The van der Waals surface area contributed by atoms with Gasteiger partial charge < -0.3 is 16.0 Å². The molecule has 1 aliphatic rings. The summed E-state index contributed by atoms with van der Waals surface area (Å²) >= 11 is 0. The van der Waals surface area contributed by atoms with Crippen molar-refractivity contribution in [3.05, 3.63) is 35.9 Å². The molecule has 1 saturated carbocycles. The van der Waals surface area contributed by atoms with Crippen LogP contribution in [-0.2, 0) is 11.3 Å². The van der Waals surface area contributed by atoms with Gasteiger partial charge in [0.2, 0.25) is 5.91 Å². The van der Waals surface area contributed by atoms with Gasteiger partial charge in [-0.25, -0.2) is 0 Å². The molecular weight excluding hydrogens is 276 g/mol. The van der Waals surface area contributed by atoms with E-state index in [2.05, 4.69) is 33.1 Å². The first-order valence-electron chi connectivity index (χ1n) is 8.06. The first kappa shape index (κ1) is 16.3. The van der Waals surface area contributed by atoms with E-state index in [1.54, 1.807) is 7.05 Å². The highest BCUT2D eigenvalue weighted by Crippen LogP contribution is 2.17. The average molecular weight is 302 g/mol. The van der Waals surface area contributed by atoms with Crippen LogP contribution in [-0.4, -0.2) is 31.5 Å². The molecule has 5 nitrogen and oxygen atoms in total. The summed E-state index contributed by atoms with van der Waals surface area (Å²) in [6.45, 7) is 1.31. The van der Waals surface area contributed by atoms with Gasteiger partial charge in [-0.05, 0) is 18.4 Å². The van der Waals surface area contributed by atoms with Crippen LogP contribution in [0.15, 0.2) is 35.3 Å². The number of amides is 1. The summed E-state index contributed by atoms with van der Waals surface area (Å²) in [5, 5.41) is 9.50. The average Bonchev–Trinajstić information content (AvgIpc) is 3.04. The smallest absolute Gasteiger partial charge is 0.221 e. The summed E-state index contributed by atoms with van der Waals surface area (Å²) in [5.74, 6) is 0.843. The van der Waals surface area contributed by atoms with E-state index in [1.807, 2.05) is 18.2 Å². The lowest BCUT2D eigenvalue weighted by Crippen LogP contribution is -2.40. The number of rotatable bonds is 6.